The summed E-state index contributed by atoms with van der Waals surface area (Å²) in [4.78, 5) is 26.3. The molecule has 1 saturated heterocycles. The van der Waals surface area contributed by atoms with Crippen molar-refractivity contribution < 1.29 is 19.5 Å². The number of nitrogens with zero attached hydrogens (tertiary/aromatic N) is 1. The van der Waals surface area contributed by atoms with E-state index in [0.29, 0.717) is 23.4 Å². The SMILES string of the molecule is O=C(/C=C/c1ccc2c(c1)C(=O)NC1(CCCN(CCc3ccccc3)C1)O2)NO. The molecule has 0 aromatic heterocycles. The number of likely N-dealkylation sites (tertiary alicyclic amines) is 1. The Kier molecular flexibility index (Phi) is 5.83. The standard InChI is InChI=1S/C23H25N3O4/c27-21(25-29)10-8-18-7-9-20-19(15-18)22(28)24-23(30-20)12-4-13-26(16-23)14-11-17-5-2-1-3-6-17/h1-3,5-10,15,29H,4,11-14,16H2,(H,24,28)(H,25,27)/b10-8+. The number of fused-ring (bicyclic) bond motifs is 1. The summed E-state index contributed by atoms with van der Waals surface area (Å²) in [7, 11) is 0. The van der Waals surface area contributed by atoms with Crippen LogP contribution in [-0.4, -0.2) is 47.3 Å². The molecular formula is C23H25N3O4. The van der Waals surface area contributed by atoms with Crippen LogP contribution in [-0.2, 0) is 11.2 Å². The molecule has 1 spiro atoms. The maximum atomic E-state index is 12.8. The highest BCUT2D eigenvalue weighted by molar-refractivity contribution is 5.99. The minimum Gasteiger partial charge on any atom is -0.466 e. The zero-order chi connectivity index (χ0) is 21.0. The van der Waals surface area contributed by atoms with Gasteiger partial charge in [-0.2, -0.15) is 0 Å². The predicted octanol–water partition coefficient (Wildman–Crippen LogP) is 2.36. The number of hydroxylamine groups is 1. The van der Waals surface area contributed by atoms with Gasteiger partial charge in [0.25, 0.3) is 11.8 Å². The van der Waals surface area contributed by atoms with E-state index >= 15 is 0 Å². The molecule has 0 bridgehead atoms. The minimum absolute atomic E-state index is 0.178. The molecule has 2 aliphatic heterocycles. The molecule has 30 heavy (non-hydrogen) atoms. The first-order valence-electron chi connectivity index (χ1n) is 10.1. The van der Waals surface area contributed by atoms with Gasteiger partial charge in [-0.15, -0.1) is 0 Å². The van der Waals surface area contributed by atoms with Crippen molar-refractivity contribution in [3.05, 3.63) is 71.3 Å². The number of nitrogens with one attached hydrogen (secondary N) is 2. The zero-order valence-corrected chi connectivity index (χ0v) is 16.6. The summed E-state index contributed by atoms with van der Waals surface area (Å²) in [5.74, 6) is -0.263. The van der Waals surface area contributed by atoms with Gasteiger partial charge in [-0.3, -0.25) is 19.7 Å². The summed E-state index contributed by atoms with van der Waals surface area (Å²) < 4.78 is 6.30. The fraction of sp³-hybridized carbons (Fsp3) is 0.304. The molecule has 2 aromatic rings. The Morgan fingerprint density at radius 2 is 2.10 bits per heavy atom. The van der Waals surface area contributed by atoms with Gasteiger partial charge in [0.05, 0.1) is 12.1 Å². The van der Waals surface area contributed by atoms with Crippen molar-refractivity contribution in [2.24, 2.45) is 0 Å². The van der Waals surface area contributed by atoms with E-state index in [4.69, 9.17) is 9.94 Å². The molecule has 0 radical (unpaired) electrons. The number of hydrogen-bond acceptors (Lipinski definition) is 5. The first-order chi connectivity index (χ1) is 14.6. The Morgan fingerprint density at radius 3 is 2.90 bits per heavy atom. The first kappa shape index (κ1) is 20.1. The number of benzene rings is 2. The third kappa shape index (κ3) is 4.53. The van der Waals surface area contributed by atoms with Gasteiger partial charge in [-0.25, -0.2) is 5.48 Å². The molecule has 7 nitrogen and oxygen atoms in total. The predicted molar refractivity (Wildman–Crippen MR) is 112 cm³/mol. The van der Waals surface area contributed by atoms with E-state index in [-0.39, 0.29) is 5.91 Å². The van der Waals surface area contributed by atoms with Crippen LogP contribution in [0, 0.1) is 0 Å². The summed E-state index contributed by atoms with van der Waals surface area (Å²) in [6.07, 6.45) is 5.38. The number of amides is 2. The van der Waals surface area contributed by atoms with Gasteiger partial charge in [0, 0.05) is 19.0 Å². The van der Waals surface area contributed by atoms with Crippen molar-refractivity contribution in [3.63, 3.8) is 0 Å². The highest BCUT2D eigenvalue weighted by Gasteiger charge is 2.43. The Bertz CT molecular complexity index is 960. The smallest absolute Gasteiger partial charge is 0.267 e. The van der Waals surface area contributed by atoms with Gasteiger partial charge in [0.15, 0.2) is 5.72 Å². The number of carbonyl (C=O) groups is 2. The third-order valence-electron chi connectivity index (χ3n) is 5.53. The molecule has 1 fully saturated rings. The van der Waals surface area contributed by atoms with Crippen LogP contribution in [0.25, 0.3) is 6.08 Å². The lowest BCUT2D eigenvalue weighted by atomic mass is 9.97. The molecule has 1 atom stereocenters. The Hall–Kier alpha value is -3.16. The fourth-order valence-electron chi connectivity index (χ4n) is 4.05. The molecule has 4 rings (SSSR count). The second-order valence-corrected chi connectivity index (χ2v) is 7.73. The van der Waals surface area contributed by atoms with Gasteiger partial charge < -0.3 is 10.1 Å². The van der Waals surface area contributed by atoms with E-state index in [1.807, 2.05) is 18.2 Å². The Balaban J connectivity index is 1.45. The molecule has 156 valence electrons. The number of ether oxygens (including phenoxy) is 1. The van der Waals surface area contributed by atoms with Gasteiger partial charge in [0.2, 0.25) is 0 Å². The number of rotatable bonds is 5. The maximum Gasteiger partial charge on any atom is 0.267 e. The van der Waals surface area contributed by atoms with Crippen LogP contribution in [0.5, 0.6) is 5.75 Å². The zero-order valence-electron chi connectivity index (χ0n) is 16.6. The molecule has 2 aliphatic rings. The van der Waals surface area contributed by atoms with E-state index in [2.05, 4.69) is 22.3 Å². The van der Waals surface area contributed by atoms with E-state index in [1.165, 1.54) is 23.2 Å². The van der Waals surface area contributed by atoms with E-state index in [1.54, 1.807) is 18.2 Å². The highest BCUT2D eigenvalue weighted by atomic mass is 16.5. The lowest BCUT2D eigenvalue weighted by molar-refractivity contribution is -0.124. The van der Waals surface area contributed by atoms with Gasteiger partial charge in [0.1, 0.15) is 5.75 Å². The molecule has 2 heterocycles. The molecule has 7 heteroatoms. The van der Waals surface area contributed by atoms with Crippen molar-refractivity contribution in [1.82, 2.24) is 15.7 Å². The third-order valence-corrected chi connectivity index (χ3v) is 5.53. The number of piperidine rings is 1. The van der Waals surface area contributed by atoms with E-state index < -0.39 is 11.6 Å². The first-order valence-corrected chi connectivity index (χ1v) is 10.1. The molecule has 0 aliphatic carbocycles. The molecule has 3 N–H and O–H groups in total. The average Bonchev–Trinajstić information content (AvgIpc) is 2.77. The second kappa shape index (κ2) is 8.69. The number of carbonyl (C=O) groups excluding carboxylic acids is 2. The highest BCUT2D eigenvalue weighted by Crippen LogP contribution is 2.33. The van der Waals surface area contributed by atoms with E-state index in [9.17, 15) is 9.59 Å². The molecular weight excluding hydrogens is 382 g/mol. The molecule has 1 unspecified atom stereocenters. The van der Waals surface area contributed by atoms with Crippen molar-refractivity contribution in [2.45, 2.75) is 25.0 Å². The lowest BCUT2D eigenvalue weighted by Gasteiger charge is -2.45. The van der Waals surface area contributed by atoms with Crippen LogP contribution in [0.1, 0.15) is 34.3 Å². The fourth-order valence-corrected chi connectivity index (χ4v) is 4.05. The van der Waals surface area contributed by atoms with Gasteiger partial charge in [-0.1, -0.05) is 36.4 Å². The van der Waals surface area contributed by atoms with E-state index in [0.717, 1.165) is 32.4 Å². The van der Waals surface area contributed by atoms with Crippen molar-refractivity contribution >= 4 is 17.9 Å². The van der Waals surface area contributed by atoms with Crippen LogP contribution in [0.2, 0.25) is 0 Å². The van der Waals surface area contributed by atoms with Crippen molar-refractivity contribution in [3.8, 4) is 5.75 Å². The average molecular weight is 407 g/mol. The summed E-state index contributed by atoms with van der Waals surface area (Å²) in [6.45, 7) is 2.54. The summed E-state index contributed by atoms with van der Waals surface area (Å²) >= 11 is 0. The molecule has 2 aromatic carbocycles. The summed E-state index contributed by atoms with van der Waals surface area (Å²) in [6, 6.07) is 15.6. The second-order valence-electron chi connectivity index (χ2n) is 7.73. The largest absolute Gasteiger partial charge is 0.466 e. The van der Waals surface area contributed by atoms with Crippen LogP contribution in [0.15, 0.2) is 54.6 Å². The normalized spacial score (nSPS) is 21.2. The quantitative estimate of drug-likeness (QED) is 0.402. The summed E-state index contributed by atoms with van der Waals surface area (Å²) in [5.41, 5.74) is 3.22. The summed E-state index contributed by atoms with van der Waals surface area (Å²) in [5, 5.41) is 11.6. The van der Waals surface area contributed by atoms with Crippen molar-refractivity contribution in [2.75, 3.05) is 19.6 Å². The van der Waals surface area contributed by atoms with Gasteiger partial charge in [-0.05, 0) is 48.7 Å². The van der Waals surface area contributed by atoms with Gasteiger partial charge >= 0.3 is 0 Å². The maximum absolute atomic E-state index is 12.8. The number of hydrogen-bond donors (Lipinski definition) is 3. The van der Waals surface area contributed by atoms with Crippen LogP contribution >= 0.6 is 0 Å². The molecule has 0 saturated carbocycles. The van der Waals surface area contributed by atoms with Crippen LogP contribution in [0.3, 0.4) is 0 Å². The monoisotopic (exact) mass is 407 g/mol. The van der Waals surface area contributed by atoms with Crippen molar-refractivity contribution in [1.29, 1.82) is 0 Å². The Morgan fingerprint density at radius 1 is 1.27 bits per heavy atom. The van der Waals surface area contributed by atoms with Crippen LogP contribution in [0.4, 0.5) is 0 Å². The minimum atomic E-state index is -0.715. The Labute approximate surface area is 175 Å². The molecule has 2 amide bonds. The van der Waals surface area contributed by atoms with Crippen LogP contribution < -0.4 is 15.5 Å². The lowest BCUT2D eigenvalue weighted by Crippen LogP contribution is -2.64. The topological polar surface area (TPSA) is 90.9 Å².